The molecule has 160 valence electrons. The van der Waals surface area contributed by atoms with Crippen LogP contribution in [0.25, 0.3) is 17.2 Å². The molecule has 1 aromatic carbocycles. The first-order chi connectivity index (χ1) is 15.0. The molecule has 1 saturated heterocycles. The molecule has 3 aliphatic rings. The normalized spacial score (nSPS) is 32.6. The second-order valence-electron chi connectivity index (χ2n) is 9.11. The Morgan fingerprint density at radius 1 is 1.13 bits per heavy atom. The van der Waals surface area contributed by atoms with Crippen LogP contribution in [-0.2, 0) is 14.3 Å². The molecule has 0 amide bonds. The van der Waals surface area contributed by atoms with Gasteiger partial charge < -0.3 is 4.74 Å². The average Bonchev–Trinajstić information content (AvgIpc) is 3.05. The number of fused-ring (bicyclic) bond motifs is 2. The molecule has 2 aromatic rings. The molecule has 31 heavy (non-hydrogen) atoms. The predicted octanol–water partition coefficient (Wildman–Crippen LogP) is 5.08. The van der Waals surface area contributed by atoms with Crippen molar-refractivity contribution in [3.05, 3.63) is 60.2 Å². The second kappa shape index (κ2) is 8.03. The Hall–Kier alpha value is -2.82. The smallest absolute Gasteiger partial charge is 0.309 e. The summed E-state index contributed by atoms with van der Waals surface area (Å²) in [6.45, 7) is 1.97. The van der Waals surface area contributed by atoms with Crippen molar-refractivity contribution in [3.8, 4) is 11.1 Å². The second-order valence-corrected chi connectivity index (χ2v) is 9.11. The number of Topliss-reactive ketones (excluding diaryl/α,β-unsaturated/α-hetero) is 1. The van der Waals surface area contributed by atoms with E-state index < -0.39 is 0 Å². The summed E-state index contributed by atoms with van der Waals surface area (Å²) in [5, 5.41) is 0. The SMILES string of the molecule is C[C@H]1OC(=O)[C@@H]2C[C@@H]3C(=O)CCCC3[C@H](/C=C/c3ccc(-c4cccc(F)c4)cn3)[C@H]12. The number of hydrogen-bond acceptors (Lipinski definition) is 4. The van der Waals surface area contributed by atoms with E-state index in [4.69, 9.17) is 4.74 Å². The molecule has 0 radical (unpaired) electrons. The number of carbonyl (C=O) groups is 2. The monoisotopic (exact) mass is 419 g/mol. The third-order valence-corrected chi connectivity index (χ3v) is 7.38. The minimum atomic E-state index is -0.271. The maximum atomic E-state index is 13.5. The molecule has 1 aromatic heterocycles. The molecular weight excluding hydrogens is 393 g/mol. The van der Waals surface area contributed by atoms with E-state index in [0.717, 1.165) is 29.7 Å². The molecule has 2 saturated carbocycles. The highest BCUT2D eigenvalue weighted by atomic mass is 19.1. The molecule has 2 aliphatic carbocycles. The number of benzene rings is 1. The molecule has 5 rings (SSSR count). The molecular formula is C26H26FNO3. The average molecular weight is 419 g/mol. The summed E-state index contributed by atoms with van der Waals surface area (Å²) in [6.07, 6.45) is 8.96. The van der Waals surface area contributed by atoms with Gasteiger partial charge in [-0.3, -0.25) is 14.6 Å². The van der Waals surface area contributed by atoms with Crippen LogP contribution in [-0.4, -0.2) is 22.8 Å². The molecule has 0 bridgehead atoms. The lowest BCUT2D eigenvalue weighted by atomic mass is 9.57. The van der Waals surface area contributed by atoms with Gasteiger partial charge in [0.2, 0.25) is 0 Å². The summed E-state index contributed by atoms with van der Waals surface area (Å²) in [5.41, 5.74) is 2.45. The van der Waals surface area contributed by atoms with Crippen LogP contribution in [0.15, 0.2) is 48.7 Å². The highest BCUT2D eigenvalue weighted by Crippen LogP contribution is 2.52. The first-order valence-corrected chi connectivity index (χ1v) is 11.1. The number of halogens is 1. The largest absolute Gasteiger partial charge is 0.462 e. The number of ketones is 1. The van der Waals surface area contributed by atoms with Crippen molar-refractivity contribution in [2.24, 2.45) is 29.6 Å². The fraction of sp³-hybridized carbons (Fsp3) is 0.423. The Balaban J connectivity index is 1.41. The van der Waals surface area contributed by atoms with E-state index in [9.17, 15) is 14.0 Å². The first-order valence-electron chi connectivity index (χ1n) is 11.1. The van der Waals surface area contributed by atoms with Crippen molar-refractivity contribution in [3.63, 3.8) is 0 Å². The number of esters is 1. The van der Waals surface area contributed by atoms with Gasteiger partial charge in [-0.15, -0.1) is 0 Å². The number of pyridine rings is 1. The summed E-state index contributed by atoms with van der Waals surface area (Å²) in [7, 11) is 0. The summed E-state index contributed by atoms with van der Waals surface area (Å²) >= 11 is 0. The van der Waals surface area contributed by atoms with Gasteiger partial charge in [0, 0.05) is 30.0 Å². The van der Waals surface area contributed by atoms with Gasteiger partial charge in [-0.05, 0) is 67.9 Å². The van der Waals surface area contributed by atoms with Crippen molar-refractivity contribution in [2.75, 3.05) is 0 Å². The summed E-state index contributed by atoms with van der Waals surface area (Å²) in [4.78, 5) is 29.6. The number of cyclic esters (lactones) is 1. The molecule has 1 aliphatic heterocycles. The van der Waals surface area contributed by atoms with Crippen LogP contribution in [0.1, 0.15) is 38.3 Å². The number of rotatable bonds is 3. The zero-order chi connectivity index (χ0) is 21.5. The van der Waals surface area contributed by atoms with Gasteiger partial charge in [-0.2, -0.15) is 0 Å². The van der Waals surface area contributed by atoms with Crippen molar-refractivity contribution in [1.29, 1.82) is 0 Å². The number of allylic oxidation sites excluding steroid dienone is 1. The fourth-order valence-corrected chi connectivity index (χ4v) is 5.95. The van der Waals surface area contributed by atoms with Gasteiger partial charge in [-0.1, -0.05) is 24.3 Å². The minimum absolute atomic E-state index is 0.0363. The van der Waals surface area contributed by atoms with Crippen LogP contribution in [0.4, 0.5) is 4.39 Å². The van der Waals surface area contributed by atoms with E-state index >= 15 is 0 Å². The standard InChI is InChI=1S/C26H26FNO3/c1-15-25-21(20-6-3-7-24(29)22(20)13-23(25)26(30)31-15)11-10-19-9-8-17(14-28-19)16-4-2-5-18(27)12-16/h2,4-5,8-12,14-15,20-23,25H,3,6-7,13H2,1H3/b11-10+/t15-,20?,21+,22+,23-,25+/m1/s1. The highest BCUT2D eigenvalue weighted by molar-refractivity contribution is 5.84. The maximum absolute atomic E-state index is 13.5. The van der Waals surface area contributed by atoms with E-state index in [-0.39, 0.29) is 47.5 Å². The van der Waals surface area contributed by atoms with Crippen molar-refractivity contribution < 1.29 is 18.7 Å². The molecule has 0 spiro atoms. The van der Waals surface area contributed by atoms with Crippen LogP contribution in [0.2, 0.25) is 0 Å². The lowest BCUT2D eigenvalue weighted by molar-refractivity contribution is -0.144. The maximum Gasteiger partial charge on any atom is 0.309 e. The van der Waals surface area contributed by atoms with Gasteiger partial charge in [0.1, 0.15) is 17.7 Å². The van der Waals surface area contributed by atoms with Crippen molar-refractivity contribution >= 4 is 17.8 Å². The fourth-order valence-electron chi connectivity index (χ4n) is 5.95. The van der Waals surface area contributed by atoms with E-state index in [2.05, 4.69) is 11.1 Å². The van der Waals surface area contributed by atoms with Crippen LogP contribution < -0.4 is 0 Å². The molecule has 6 atom stereocenters. The predicted molar refractivity (Wildman–Crippen MR) is 115 cm³/mol. The zero-order valence-electron chi connectivity index (χ0n) is 17.5. The van der Waals surface area contributed by atoms with Crippen molar-refractivity contribution in [2.45, 2.75) is 38.7 Å². The number of nitrogens with zero attached hydrogens (tertiary/aromatic N) is 1. The molecule has 3 fully saturated rings. The third-order valence-electron chi connectivity index (χ3n) is 7.38. The lowest BCUT2D eigenvalue weighted by Crippen LogP contribution is -2.45. The molecule has 4 nitrogen and oxygen atoms in total. The first kappa shape index (κ1) is 20.1. The minimum Gasteiger partial charge on any atom is -0.462 e. The van der Waals surface area contributed by atoms with Gasteiger partial charge in [0.15, 0.2) is 0 Å². The topological polar surface area (TPSA) is 56.3 Å². The van der Waals surface area contributed by atoms with Gasteiger partial charge in [0.05, 0.1) is 11.6 Å². The molecule has 2 heterocycles. The number of carbonyl (C=O) groups excluding carboxylic acids is 2. The summed E-state index contributed by atoms with van der Waals surface area (Å²) in [5.74, 6) is 0.168. The Kier molecular flexibility index (Phi) is 5.20. The van der Waals surface area contributed by atoms with Crippen LogP contribution in [0.3, 0.4) is 0 Å². The van der Waals surface area contributed by atoms with Crippen LogP contribution in [0.5, 0.6) is 0 Å². The Bertz CT molecular complexity index is 1020. The molecule has 1 unspecified atom stereocenters. The van der Waals surface area contributed by atoms with Crippen LogP contribution >= 0.6 is 0 Å². The Labute approximate surface area is 181 Å². The zero-order valence-corrected chi connectivity index (χ0v) is 17.5. The van der Waals surface area contributed by atoms with Gasteiger partial charge in [-0.25, -0.2) is 4.39 Å². The molecule has 0 N–H and O–H groups in total. The lowest BCUT2D eigenvalue weighted by Gasteiger charge is -2.44. The van der Waals surface area contributed by atoms with E-state index in [1.54, 1.807) is 12.3 Å². The van der Waals surface area contributed by atoms with Gasteiger partial charge >= 0.3 is 5.97 Å². The summed E-state index contributed by atoms with van der Waals surface area (Å²) < 4.78 is 19.1. The Morgan fingerprint density at radius 2 is 2.00 bits per heavy atom. The van der Waals surface area contributed by atoms with E-state index in [1.165, 1.54) is 12.1 Å². The van der Waals surface area contributed by atoms with E-state index in [0.29, 0.717) is 18.6 Å². The van der Waals surface area contributed by atoms with E-state index in [1.807, 2.05) is 31.2 Å². The summed E-state index contributed by atoms with van der Waals surface area (Å²) in [6, 6.07) is 10.3. The number of hydrogen-bond donors (Lipinski definition) is 0. The van der Waals surface area contributed by atoms with Gasteiger partial charge in [0.25, 0.3) is 0 Å². The quantitative estimate of drug-likeness (QED) is 0.651. The number of aromatic nitrogens is 1. The Morgan fingerprint density at radius 3 is 2.77 bits per heavy atom. The van der Waals surface area contributed by atoms with Crippen molar-refractivity contribution in [1.82, 2.24) is 4.98 Å². The third kappa shape index (κ3) is 3.71. The molecule has 5 heteroatoms. The highest BCUT2D eigenvalue weighted by Gasteiger charge is 2.55. The van der Waals surface area contributed by atoms with Crippen LogP contribution in [0, 0.1) is 35.4 Å². The number of ether oxygens (including phenoxy) is 1.